The standard InChI is InChI=1S/C14H14N2O2S/c1-8-3-5-10(13(15)19)7-11(8)16-14(17)12-6-4-9(2)18-12/h3-7H,1-2H3,(H2,15,19)(H,16,17). The van der Waals surface area contributed by atoms with Crippen LogP contribution < -0.4 is 11.1 Å². The van der Waals surface area contributed by atoms with Crippen LogP contribution in [-0.2, 0) is 0 Å². The monoisotopic (exact) mass is 274 g/mol. The summed E-state index contributed by atoms with van der Waals surface area (Å²) in [6.45, 7) is 3.68. The highest BCUT2D eigenvalue weighted by molar-refractivity contribution is 7.80. The van der Waals surface area contributed by atoms with Crippen LogP contribution in [0, 0.1) is 13.8 Å². The van der Waals surface area contributed by atoms with E-state index in [2.05, 4.69) is 5.32 Å². The minimum absolute atomic E-state index is 0.276. The number of nitrogens with one attached hydrogen (secondary N) is 1. The van der Waals surface area contributed by atoms with Gasteiger partial charge in [-0.3, -0.25) is 4.79 Å². The van der Waals surface area contributed by atoms with Crippen LogP contribution in [-0.4, -0.2) is 10.9 Å². The second kappa shape index (κ2) is 5.24. The minimum Gasteiger partial charge on any atom is -0.456 e. The second-order valence-electron chi connectivity index (χ2n) is 4.26. The number of carbonyl (C=O) groups is 1. The van der Waals surface area contributed by atoms with Crippen molar-refractivity contribution in [2.75, 3.05) is 5.32 Å². The predicted molar refractivity (Wildman–Crippen MR) is 78.5 cm³/mol. The first-order valence-electron chi connectivity index (χ1n) is 5.75. The van der Waals surface area contributed by atoms with E-state index in [4.69, 9.17) is 22.4 Å². The van der Waals surface area contributed by atoms with E-state index in [0.29, 0.717) is 22.0 Å². The van der Waals surface area contributed by atoms with Gasteiger partial charge in [0, 0.05) is 11.3 Å². The lowest BCUT2D eigenvalue weighted by atomic mass is 10.1. The first kappa shape index (κ1) is 13.3. The second-order valence-corrected chi connectivity index (χ2v) is 4.70. The highest BCUT2D eigenvalue weighted by Crippen LogP contribution is 2.18. The van der Waals surface area contributed by atoms with Crippen LogP contribution in [0.4, 0.5) is 5.69 Å². The summed E-state index contributed by atoms with van der Waals surface area (Å²) >= 11 is 4.92. The van der Waals surface area contributed by atoms with E-state index < -0.39 is 0 Å². The molecule has 3 N–H and O–H groups in total. The molecular formula is C14H14N2O2S. The van der Waals surface area contributed by atoms with Gasteiger partial charge in [-0.2, -0.15) is 0 Å². The van der Waals surface area contributed by atoms with Crippen molar-refractivity contribution in [1.29, 1.82) is 0 Å². The van der Waals surface area contributed by atoms with Gasteiger partial charge in [0.05, 0.1) is 0 Å². The Balaban J connectivity index is 2.25. The first-order valence-corrected chi connectivity index (χ1v) is 6.16. The summed E-state index contributed by atoms with van der Waals surface area (Å²) in [6, 6.07) is 8.82. The van der Waals surface area contributed by atoms with E-state index in [0.717, 1.165) is 5.56 Å². The van der Waals surface area contributed by atoms with Crippen molar-refractivity contribution in [2.24, 2.45) is 5.73 Å². The molecule has 2 aromatic rings. The number of amides is 1. The topological polar surface area (TPSA) is 68.3 Å². The number of thiocarbonyl (C=S) groups is 1. The summed E-state index contributed by atoms with van der Waals surface area (Å²) < 4.78 is 5.27. The molecule has 98 valence electrons. The summed E-state index contributed by atoms with van der Waals surface area (Å²) in [5, 5.41) is 2.79. The predicted octanol–water partition coefficient (Wildman–Crippen LogP) is 2.78. The van der Waals surface area contributed by atoms with Crippen LogP contribution in [0.15, 0.2) is 34.7 Å². The van der Waals surface area contributed by atoms with Gasteiger partial charge >= 0.3 is 0 Å². The van der Waals surface area contributed by atoms with Crippen molar-refractivity contribution in [3.63, 3.8) is 0 Å². The molecule has 1 heterocycles. The largest absolute Gasteiger partial charge is 0.456 e. The molecule has 5 heteroatoms. The third-order valence-corrected chi connectivity index (χ3v) is 2.97. The Kier molecular flexibility index (Phi) is 3.66. The van der Waals surface area contributed by atoms with Gasteiger partial charge in [0.1, 0.15) is 10.7 Å². The van der Waals surface area contributed by atoms with Gasteiger partial charge in [0.25, 0.3) is 5.91 Å². The summed E-state index contributed by atoms with van der Waals surface area (Å²) in [5.74, 6) is 0.674. The molecule has 4 nitrogen and oxygen atoms in total. The maximum absolute atomic E-state index is 12.0. The fourth-order valence-corrected chi connectivity index (χ4v) is 1.78. The van der Waals surface area contributed by atoms with Gasteiger partial charge in [0.2, 0.25) is 0 Å². The number of rotatable bonds is 3. The van der Waals surface area contributed by atoms with E-state index in [9.17, 15) is 4.79 Å². The molecule has 19 heavy (non-hydrogen) atoms. The Morgan fingerprint density at radius 1 is 1.26 bits per heavy atom. The molecule has 0 saturated carbocycles. The first-order chi connectivity index (χ1) is 8.97. The molecule has 0 saturated heterocycles. The number of furan rings is 1. The van der Waals surface area contributed by atoms with Crippen LogP contribution in [0.1, 0.15) is 27.4 Å². The Bertz CT molecular complexity index is 647. The molecule has 0 aliphatic heterocycles. The molecule has 0 bridgehead atoms. The van der Waals surface area contributed by atoms with Gasteiger partial charge in [-0.1, -0.05) is 24.4 Å². The molecule has 0 spiro atoms. The van der Waals surface area contributed by atoms with Crippen molar-refractivity contribution in [1.82, 2.24) is 0 Å². The molecule has 1 aromatic carbocycles. The molecule has 1 aromatic heterocycles. The third-order valence-electron chi connectivity index (χ3n) is 2.73. The molecule has 0 unspecified atom stereocenters. The number of hydrogen-bond donors (Lipinski definition) is 2. The molecule has 1 amide bonds. The zero-order valence-corrected chi connectivity index (χ0v) is 11.5. The average molecular weight is 274 g/mol. The van der Waals surface area contributed by atoms with Crippen LogP contribution >= 0.6 is 12.2 Å². The fourth-order valence-electron chi connectivity index (χ4n) is 1.65. The Morgan fingerprint density at radius 3 is 2.58 bits per heavy atom. The zero-order valence-electron chi connectivity index (χ0n) is 10.7. The number of hydrogen-bond acceptors (Lipinski definition) is 3. The van der Waals surface area contributed by atoms with E-state index in [-0.39, 0.29) is 11.7 Å². The number of nitrogens with two attached hydrogens (primary N) is 1. The molecule has 0 aliphatic rings. The van der Waals surface area contributed by atoms with Gasteiger partial charge in [0.15, 0.2) is 5.76 Å². The lowest BCUT2D eigenvalue weighted by Crippen LogP contribution is -2.14. The van der Waals surface area contributed by atoms with Crippen LogP contribution in [0.5, 0.6) is 0 Å². The summed E-state index contributed by atoms with van der Waals surface area (Å²) in [5.41, 5.74) is 7.89. The van der Waals surface area contributed by atoms with Crippen LogP contribution in [0.2, 0.25) is 0 Å². The molecule has 0 atom stereocenters. The minimum atomic E-state index is -0.295. The van der Waals surface area contributed by atoms with Crippen molar-refractivity contribution < 1.29 is 9.21 Å². The van der Waals surface area contributed by atoms with Crippen LogP contribution in [0.25, 0.3) is 0 Å². The third kappa shape index (κ3) is 3.00. The average Bonchev–Trinajstić information content (AvgIpc) is 2.78. The molecular weight excluding hydrogens is 260 g/mol. The maximum Gasteiger partial charge on any atom is 0.291 e. The van der Waals surface area contributed by atoms with E-state index in [1.807, 2.05) is 19.1 Å². The summed E-state index contributed by atoms with van der Waals surface area (Å²) in [7, 11) is 0. The van der Waals surface area contributed by atoms with Crippen molar-refractivity contribution >= 4 is 28.8 Å². The smallest absolute Gasteiger partial charge is 0.291 e. The SMILES string of the molecule is Cc1ccc(C(=O)Nc2cc(C(N)=S)ccc2C)o1. The Hall–Kier alpha value is -2.14. The van der Waals surface area contributed by atoms with E-state index in [1.54, 1.807) is 25.1 Å². The lowest BCUT2D eigenvalue weighted by molar-refractivity contribution is 0.0995. The molecule has 2 rings (SSSR count). The number of benzene rings is 1. The number of aryl methyl sites for hydroxylation is 2. The van der Waals surface area contributed by atoms with Gasteiger partial charge in [-0.05, 0) is 37.6 Å². The number of carbonyl (C=O) groups excluding carboxylic acids is 1. The maximum atomic E-state index is 12.0. The van der Waals surface area contributed by atoms with Crippen molar-refractivity contribution in [3.05, 3.63) is 53.0 Å². The van der Waals surface area contributed by atoms with Crippen LogP contribution in [0.3, 0.4) is 0 Å². The lowest BCUT2D eigenvalue weighted by Gasteiger charge is -2.09. The van der Waals surface area contributed by atoms with Crippen molar-refractivity contribution in [2.45, 2.75) is 13.8 Å². The van der Waals surface area contributed by atoms with Gasteiger partial charge < -0.3 is 15.5 Å². The van der Waals surface area contributed by atoms with E-state index >= 15 is 0 Å². The molecule has 0 radical (unpaired) electrons. The van der Waals surface area contributed by atoms with Gasteiger partial charge in [-0.15, -0.1) is 0 Å². The van der Waals surface area contributed by atoms with Gasteiger partial charge in [-0.25, -0.2) is 0 Å². The molecule has 0 aliphatic carbocycles. The summed E-state index contributed by atoms with van der Waals surface area (Å²) in [6.07, 6.45) is 0. The summed E-state index contributed by atoms with van der Waals surface area (Å²) in [4.78, 5) is 12.3. The highest BCUT2D eigenvalue weighted by Gasteiger charge is 2.12. The Morgan fingerprint density at radius 2 is 2.00 bits per heavy atom. The number of anilines is 1. The van der Waals surface area contributed by atoms with E-state index in [1.165, 1.54) is 0 Å². The quantitative estimate of drug-likeness (QED) is 0.844. The highest BCUT2D eigenvalue weighted by atomic mass is 32.1. The molecule has 0 fully saturated rings. The normalized spacial score (nSPS) is 10.2. The Labute approximate surface area is 116 Å². The zero-order chi connectivity index (χ0) is 14.0. The van der Waals surface area contributed by atoms with Crippen molar-refractivity contribution in [3.8, 4) is 0 Å². The fraction of sp³-hybridized carbons (Fsp3) is 0.143.